The maximum Gasteiger partial charge on any atom is 0.324 e. The first-order chi connectivity index (χ1) is 18.0. The fraction of sp³-hybridized carbons (Fsp3) is 0.231. The van der Waals surface area contributed by atoms with Crippen molar-refractivity contribution in [1.82, 2.24) is 20.5 Å². The minimum Gasteiger partial charge on any atom is -0.496 e. The number of halogens is 2. The van der Waals surface area contributed by atoms with Crippen LogP contribution in [0.1, 0.15) is 36.8 Å². The molecule has 0 spiro atoms. The van der Waals surface area contributed by atoms with Crippen LogP contribution in [0.4, 0.5) is 16.3 Å². The van der Waals surface area contributed by atoms with Gasteiger partial charge < -0.3 is 20.1 Å². The van der Waals surface area contributed by atoms with E-state index in [4.69, 9.17) is 32.7 Å². The molecule has 0 saturated carbocycles. The van der Waals surface area contributed by atoms with E-state index in [0.717, 1.165) is 5.69 Å². The van der Waals surface area contributed by atoms with Gasteiger partial charge >= 0.3 is 6.03 Å². The molecule has 2 aromatic carbocycles. The summed E-state index contributed by atoms with van der Waals surface area (Å²) in [6.45, 7) is 6.09. The number of carbonyl (C=O) groups is 2. The molecule has 10 nitrogen and oxygen atoms in total. The predicted molar refractivity (Wildman–Crippen MR) is 148 cm³/mol. The first-order valence-electron chi connectivity index (χ1n) is 11.5. The van der Waals surface area contributed by atoms with Gasteiger partial charge in [-0.2, -0.15) is 5.10 Å². The van der Waals surface area contributed by atoms with Crippen molar-refractivity contribution < 1.29 is 19.1 Å². The number of methoxy groups -OCH3 is 1. The molecule has 0 fully saturated rings. The highest BCUT2D eigenvalue weighted by Gasteiger charge is 2.20. The molecule has 0 aliphatic heterocycles. The average molecular weight is 557 g/mol. The number of pyridine rings is 1. The Hall–Kier alpha value is -4.02. The lowest BCUT2D eigenvalue weighted by molar-refractivity contribution is 0.0960. The van der Waals surface area contributed by atoms with Crippen LogP contribution in [-0.4, -0.2) is 41.3 Å². The molecule has 4 N–H and O–H groups in total. The zero-order chi connectivity index (χ0) is 27.6. The Kier molecular flexibility index (Phi) is 7.66. The molecule has 0 radical (unpaired) electrons. The van der Waals surface area contributed by atoms with Crippen molar-refractivity contribution in [1.29, 1.82) is 0 Å². The van der Waals surface area contributed by atoms with Gasteiger partial charge in [-0.15, -0.1) is 0 Å². The van der Waals surface area contributed by atoms with Gasteiger partial charge in [0, 0.05) is 41.9 Å². The van der Waals surface area contributed by atoms with E-state index in [2.05, 4.69) is 31.1 Å². The summed E-state index contributed by atoms with van der Waals surface area (Å²) in [7, 11) is 3.01. The molecule has 38 heavy (non-hydrogen) atoms. The number of nitrogens with zero attached hydrogens (tertiary/aromatic N) is 2. The number of benzene rings is 2. The van der Waals surface area contributed by atoms with Crippen molar-refractivity contribution in [2.45, 2.75) is 26.2 Å². The van der Waals surface area contributed by atoms with Gasteiger partial charge in [-0.3, -0.25) is 20.2 Å². The van der Waals surface area contributed by atoms with Crippen molar-refractivity contribution in [2.24, 2.45) is 0 Å². The molecule has 0 bridgehead atoms. The van der Waals surface area contributed by atoms with Crippen LogP contribution in [0.5, 0.6) is 17.2 Å². The molecule has 198 valence electrons. The Morgan fingerprint density at radius 3 is 2.39 bits per heavy atom. The normalized spacial score (nSPS) is 11.2. The predicted octanol–water partition coefficient (Wildman–Crippen LogP) is 6.37. The first-order valence-corrected chi connectivity index (χ1v) is 12.3. The van der Waals surface area contributed by atoms with Gasteiger partial charge in [-0.05, 0) is 24.3 Å². The Morgan fingerprint density at radius 2 is 1.74 bits per heavy atom. The van der Waals surface area contributed by atoms with E-state index in [0.29, 0.717) is 33.8 Å². The summed E-state index contributed by atoms with van der Waals surface area (Å²) < 4.78 is 11.4. The fourth-order valence-corrected chi connectivity index (χ4v) is 3.99. The summed E-state index contributed by atoms with van der Waals surface area (Å²) in [5.74, 6) is 1.06. The number of urea groups is 1. The minimum absolute atomic E-state index is 0.0859. The summed E-state index contributed by atoms with van der Waals surface area (Å²) in [5.41, 5.74) is 1.88. The smallest absolute Gasteiger partial charge is 0.324 e. The molecular weight excluding hydrogens is 531 g/mol. The highest BCUT2D eigenvalue weighted by Crippen LogP contribution is 2.41. The van der Waals surface area contributed by atoms with Crippen LogP contribution in [0.2, 0.25) is 10.0 Å². The molecule has 0 saturated heterocycles. The summed E-state index contributed by atoms with van der Waals surface area (Å²) in [4.78, 5) is 29.2. The van der Waals surface area contributed by atoms with Crippen molar-refractivity contribution in [2.75, 3.05) is 24.8 Å². The SMILES string of the molecule is CNC(=O)c1cc2c(Oc3ccc(NC(=O)Nc4cc(C(C)(C)C)[nH]n4)c(Cl)c3Cl)ccnc2cc1OC. The number of hydrogen-bond acceptors (Lipinski definition) is 6. The topological polar surface area (TPSA) is 130 Å². The van der Waals surface area contributed by atoms with E-state index in [9.17, 15) is 9.59 Å². The molecule has 0 aliphatic rings. The molecule has 0 aliphatic carbocycles. The zero-order valence-corrected chi connectivity index (χ0v) is 22.8. The average Bonchev–Trinajstić information content (AvgIpc) is 3.36. The van der Waals surface area contributed by atoms with E-state index in [1.807, 2.05) is 20.8 Å². The zero-order valence-electron chi connectivity index (χ0n) is 21.3. The van der Waals surface area contributed by atoms with Crippen molar-refractivity contribution >= 4 is 57.5 Å². The molecule has 0 unspecified atom stereocenters. The minimum atomic E-state index is -0.542. The summed E-state index contributed by atoms with van der Waals surface area (Å²) in [6.07, 6.45) is 1.56. The standard InChI is InChI=1S/C26H26Cl2N6O4/c1-26(2,3)20-12-21(34-33-20)32-25(36)31-15-6-7-18(23(28)22(15)27)38-17-8-9-30-16-11-19(37-5)14(10-13(16)17)24(35)29-4/h6-12H,1-5H3,(H,29,35)(H3,31,32,33,34,36). The number of amides is 3. The van der Waals surface area contributed by atoms with Crippen LogP contribution >= 0.6 is 23.2 Å². The number of ether oxygens (including phenoxy) is 2. The molecule has 4 rings (SSSR count). The van der Waals surface area contributed by atoms with E-state index >= 15 is 0 Å². The number of hydrogen-bond donors (Lipinski definition) is 4. The fourth-order valence-electron chi connectivity index (χ4n) is 3.58. The number of aromatic nitrogens is 3. The van der Waals surface area contributed by atoms with Gasteiger partial charge in [0.25, 0.3) is 5.91 Å². The van der Waals surface area contributed by atoms with Crippen molar-refractivity contribution in [3.63, 3.8) is 0 Å². The number of carbonyl (C=O) groups excluding carboxylic acids is 2. The molecule has 2 heterocycles. The monoisotopic (exact) mass is 556 g/mol. The van der Waals surface area contributed by atoms with Crippen LogP contribution in [0.25, 0.3) is 10.9 Å². The second-order valence-corrected chi connectivity index (χ2v) is 10.1. The van der Waals surface area contributed by atoms with Crippen LogP contribution in [0.3, 0.4) is 0 Å². The van der Waals surface area contributed by atoms with Gasteiger partial charge in [0.2, 0.25) is 0 Å². The molecule has 0 atom stereocenters. The number of rotatable bonds is 6. The van der Waals surface area contributed by atoms with Gasteiger partial charge in [-0.25, -0.2) is 4.79 Å². The lowest BCUT2D eigenvalue weighted by Crippen LogP contribution is -2.20. The third-order valence-corrected chi connectivity index (χ3v) is 6.50. The highest BCUT2D eigenvalue weighted by molar-refractivity contribution is 6.45. The number of anilines is 2. The molecular formula is C26H26Cl2N6O4. The van der Waals surface area contributed by atoms with Gasteiger partial charge in [-0.1, -0.05) is 44.0 Å². The number of nitrogens with one attached hydrogen (secondary N) is 4. The maximum absolute atomic E-state index is 12.5. The van der Waals surface area contributed by atoms with E-state index in [-0.39, 0.29) is 32.8 Å². The van der Waals surface area contributed by atoms with Crippen LogP contribution in [-0.2, 0) is 5.41 Å². The van der Waals surface area contributed by atoms with Gasteiger partial charge in [0.05, 0.1) is 28.9 Å². The molecule has 4 aromatic rings. The third-order valence-electron chi connectivity index (χ3n) is 5.64. The Balaban J connectivity index is 1.57. The van der Waals surface area contributed by atoms with Crippen molar-refractivity contribution in [3.05, 3.63) is 63.9 Å². The van der Waals surface area contributed by atoms with Crippen LogP contribution in [0.15, 0.2) is 42.6 Å². The lowest BCUT2D eigenvalue weighted by atomic mass is 9.92. The molecule has 3 amide bonds. The quantitative estimate of drug-likeness (QED) is 0.218. The van der Waals surface area contributed by atoms with Crippen LogP contribution in [0, 0.1) is 0 Å². The summed E-state index contributed by atoms with van der Waals surface area (Å²) in [6, 6.07) is 9.28. The number of H-pyrrole nitrogens is 1. The van der Waals surface area contributed by atoms with Gasteiger partial charge in [0.1, 0.15) is 22.3 Å². The third kappa shape index (κ3) is 5.61. The molecule has 2 aromatic heterocycles. The Bertz CT molecular complexity index is 1530. The van der Waals surface area contributed by atoms with Crippen LogP contribution < -0.4 is 25.4 Å². The summed E-state index contributed by atoms with van der Waals surface area (Å²) in [5, 5.41) is 15.7. The largest absolute Gasteiger partial charge is 0.496 e. The van der Waals surface area contributed by atoms with E-state index in [1.165, 1.54) is 14.2 Å². The second kappa shape index (κ2) is 10.8. The highest BCUT2D eigenvalue weighted by atomic mass is 35.5. The van der Waals surface area contributed by atoms with Gasteiger partial charge in [0.15, 0.2) is 5.82 Å². The Labute approximate surface area is 229 Å². The lowest BCUT2D eigenvalue weighted by Gasteiger charge is -2.15. The second-order valence-electron chi connectivity index (χ2n) is 9.30. The molecule has 12 heteroatoms. The van der Waals surface area contributed by atoms with Crippen molar-refractivity contribution in [3.8, 4) is 17.2 Å². The first kappa shape index (κ1) is 27.0. The van der Waals surface area contributed by atoms with E-state index in [1.54, 1.807) is 42.6 Å². The Morgan fingerprint density at radius 1 is 0.974 bits per heavy atom. The maximum atomic E-state index is 12.5. The number of fused-ring (bicyclic) bond motifs is 1. The summed E-state index contributed by atoms with van der Waals surface area (Å²) >= 11 is 13.0. The van der Waals surface area contributed by atoms with E-state index < -0.39 is 6.03 Å². The number of aromatic amines is 1.